The van der Waals surface area contributed by atoms with Gasteiger partial charge in [0.2, 0.25) is 0 Å². The molecule has 0 bridgehead atoms. The van der Waals surface area contributed by atoms with Gasteiger partial charge in [0.25, 0.3) is 0 Å². The quantitative estimate of drug-likeness (QED) is 0.901. The number of hydrogen-bond donors (Lipinski definition) is 1. The second-order valence-electron chi connectivity index (χ2n) is 3.51. The third-order valence-corrected chi connectivity index (χ3v) is 3.09. The van der Waals surface area contributed by atoms with Crippen molar-refractivity contribution in [3.05, 3.63) is 22.0 Å². The van der Waals surface area contributed by atoms with Gasteiger partial charge in [-0.1, -0.05) is 0 Å². The predicted octanol–water partition coefficient (Wildman–Crippen LogP) is 2.86. The fourth-order valence-corrected chi connectivity index (χ4v) is 2.13. The number of oxazole rings is 1. The van der Waals surface area contributed by atoms with E-state index in [4.69, 9.17) is 10.2 Å². The second kappa shape index (κ2) is 4.95. The summed E-state index contributed by atoms with van der Waals surface area (Å²) in [6.45, 7) is 5.66. The van der Waals surface area contributed by atoms with Gasteiger partial charge in [-0.05, 0) is 13.8 Å². The number of hydrogen-bond acceptors (Lipinski definition) is 5. The summed E-state index contributed by atoms with van der Waals surface area (Å²) in [6.07, 6.45) is 0. The van der Waals surface area contributed by atoms with Gasteiger partial charge in [-0.2, -0.15) is 0 Å². The van der Waals surface area contributed by atoms with Crippen LogP contribution < -0.4 is 5.73 Å². The molecule has 1 atom stereocenters. The van der Waals surface area contributed by atoms with E-state index in [1.807, 2.05) is 26.2 Å². The van der Waals surface area contributed by atoms with E-state index in [9.17, 15) is 0 Å². The summed E-state index contributed by atoms with van der Waals surface area (Å²) in [4.78, 5) is 8.62. The SMILES string of the molecule is Cc1nc(C)c(-c2csc(C(C)N)n2)o1.Cl. The monoisotopic (exact) mass is 259 g/mol. The number of aromatic nitrogens is 2. The van der Waals surface area contributed by atoms with E-state index >= 15 is 0 Å². The lowest BCUT2D eigenvalue weighted by Crippen LogP contribution is -2.03. The zero-order chi connectivity index (χ0) is 11.0. The van der Waals surface area contributed by atoms with Crippen LogP contribution in [-0.2, 0) is 0 Å². The van der Waals surface area contributed by atoms with Crippen molar-refractivity contribution in [2.45, 2.75) is 26.8 Å². The molecular weight excluding hydrogens is 246 g/mol. The minimum Gasteiger partial charge on any atom is -0.439 e. The second-order valence-corrected chi connectivity index (χ2v) is 4.40. The van der Waals surface area contributed by atoms with Crippen molar-refractivity contribution in [2.75, 3.05) is 0 Å². The Bertz CT molecular complexity index is 478. The number of nitrogens with zero attached hydrogens (tertiary/aromatic N) is 2. The van der Waals surface area contributed by atoms with Gasteiger partial charge in [0.05, 0.1) is 11.7 Å². The largest absolute Gasteiger partial charge is 0.439 e. The molecule has 0 aromatic carbocycles. The van der Waals surface area contributed by atoms with E-state index in [-0.39, 0.29) is 18.4 Å². The molecule has 16 heavy (non-hydrogen) atoms. The zero-order valence-corrected chi connectivity index (χ0v) is 11.0. The molecule has 0 radical (unpaired) electrons. The van der Waals surface area contributed by atoms with E-state index in [1.165, 1.54) is 0 Å². The van der Waals surface area contributed by atoms with E-state index < -0.39 is 0 Å². The number of rotatable bonds is 2. The van der Waals surface area contributed by atoms with Crippen LogP contribution in [0.3, 0.4) is 0 Å². The Kier molecular flexibility index (Phi) is 4.07. The third-order valence-electron chi connectivity index (χ3n) is 2.05. The summed E-state index contributed by atoms with van der Waals surface area (Å²) < 4.78 is 5.49. The molecule has 4 nitrogen and oxygen atoms in total. The van der Waals surface area contributed by atoms with Crippen LogP contribution in [0.1, 0.15) is 29.6 Å². The standard InChI is InChI=1S/C10H13N3OS.ClH/c1-5(11)10-13-8(4-15-10)9-6(2)12-7(3)14-9;/h4-5H,11H2,1-3H3;1H. The van der Waals surface area contributed by atoms with Crippen molar-refractivity contribution >= 4 is 23.7 Å². The zero-order valence-electron chi connectivity index (χ0n) is 9.35. The summed E-state index contributed by atoms with van der Waals surface area (Å²) in [7, 11) is 0. The highest BCUT2D eigenvalue weighted by atomic mass is 35.5. The molecule has 0 aliphatic carbocycles. The van der Waals surface area contributed by atoms with Crippen molar-refractivity contribution in [1.82, 2.24) is 9.97 Å². The molecule has 88 valence electrons. The van der Waals surface area contributed by atoms with Gasteiger partial charge in [0.15, 0.2) is 11.7 Å². The Hall–Kier alpha value is -0.910. The minimum absolute atomic E-state index is 0. The van der Waals surface area contributed by atoms with E-state index in [0.717, 1.165) is 22.2 Å². The molecule has 2 aromatic rings. The van der Waals surface area contributed by atoms with E-state index in [2.05, 4.69) is 9.97 Å². The van der Waals surface area contributed by atoms with Gasteiger partial charge in [-0.15, -0.1) is 23.7 Å². The van der Waals surface area contributed by atoms with Crippen molar-refractivity contribution in [3.63, 3.8) is 0 Å². The number of aryl methyl sites for hydroxylation is 2. The van der Waals surface area contributed by atoms with Crippen molar-refractivity contribution < 1.29 is 4.42 Å². The topological polar surface area (TPSA) is 64.9 Å². The van der Waals surface area contributed by atoms with E-state index in [1.54, 1.807) is 11.3 Å². The third kappa shape index (κ3) is 2.42. The summed E-state index contributed by atoms with van der Waals surface area (Å²) in [5, 5.41) is 2.87. The maximum absolute atomic E-state index is 5.75. The van der Waals surface area contributed by atoms with E-state index in [0.29, 0.717) is 5.89 Å². The molecule has 2 aromatic heterocycles. The molecule has 2 rings (SSSR count). The maximum atomic E-state index is 5.75. The summed E-state index contributed by atoms with van der Waals surface area (Å²) >= 11 is 1.55. The highest BCUT2D eigenvalue weighted by Gasteiger charge is 2.14. The maximum Gasteiger partial charge on any atom is 0.192 e. The Morgan fingerprint density at radius 3 is 2.50 bits per heavy atom. The van der Waals surface area contributed by atoms with Crippen LogP contribution in [-0.4, -0.2) is 9.97 Å². The van der Waals surface area contributed by atoms with Crippen molar-refractivity contribution in [3.8, 4) is 11.5 Å². The highest BCUT2D eigenvalue weighted by Crippen LogP contribution is 2.27. The lowest BCUT2D eigenvalue weighted by molar-refractivity contribution is 0.532. The number of thiazole rings is 1. The van der Waals surface area contributed by atoms with Crippen molar-refractivity contribution in [2.24, 2.45) is 5.73 Å². The van der Waals surface area contributed by atoms with Gasteiger partial charge >= 0.3 is 0 Å². The molecule has 2 N–H and O–H groups in total. The molecule has 0 fully saturated rings. The summed E-state index contributed by atoms with van der Waals surface area (Å²) in [6, 6.07) is -0.0342. The van der Waals surface area contributed by atoms with Crippen molar-refractivity contribution in [1.29, 1.82) is 0 Å². The Labute approximate surface area is 104 Å². The van der Waals surface area contributed by atoms with Gasteiger partial charge in [-0.3, -0.25) is 0 Å². The first kappa shape index (κ1) is 13.2. The molecule has 0 amide bonds. The molecular formula is C10H14ClN3OS. The summed E-state index contributed by atoms with van der Waals surface area (Å²) in [5.41, 5.74) is 7.44. The first-order chi connectivity index (χ1) is 7.08. The lowest BCUT2D eigenvalue weighted by Gasteiger charge is -1.96. The van der Waals surface area contributed by atoms with Crippen LogP contribution in [0, 0.1) is 13.8 Å². The summed E-state index contributed by atoms with van der Waals surface area (Å²) in [5.74, 6) is 1.41. The molecule has 6 heteroatoms. The average molecular weight is 260 g/mol. The Morgan fingerprint density at radius 1 is 1.38 bits per heavy atom. The number of halogens is 1. The molecule has 0 aliphatic rings. The minimum atomic E-state index is -0.0342. The molecule has 0 aliphatic heterocycles. The van der Waals surface area contributed by atoms with Crippen LogP contribution in [0.25, 0.3) is 11.5 Å². The van der Waals surface area contributed by atoms with Gasteiger partial charge < -0.3 is 10.2 Å². The lowest BCUT2D eigenvalue weighted by atomic mass is 10.3. The fourth-order valence-electron chi connectivity index (χ4n) is 1.37. The van der Waals surface area contributed by atoms with Crippen LogP contribution >= 0.6 is 23.7 Å². The molecule has 0 spiro atoms. The smallest absolute Gasteiger partial charge is 0.192 e. The Balaban J connectivity index is 0.00000128. The molecule has 1 unspecified atom stereocenters. The first-order valence-electron chi connectivity index (χ1n) is 4.73. The van der Waals surface area contributed by atoms with Crippen LogP contribution in [0.4, 0.5) is 0 Å². The van der Waals surface area contributed by atoms with Crippen LogP contribution in [0.2, 0.25) is 0 Å². The average Bonchev–Trinajstić information content (AvgIpc) is 2.71. The highest BCUT2D eigenvalue weighted by molar-refractivity contribution is 7.10. The van der Waals surface area contributed by atoms with Gasteiger partial charge in [0.1, 0.15) is 10.7 Å². The fraction of sp³-hybridized carbons (Fsp3) is 0.400. The molecule has 0 saturated carbocycles. The normalized spacial score (nSPS) is 12.2. The van der Waals surface area contributed by atoms with Crippen LogP contribution in [0.15, 0.2) is 9.80 Å². The first-order valence-corrected chi connectivity index (χ1v) is 5.61. The molecule has 2 heterocycles. The number of nitrogens with two attached hydrogens (primary N) is 1. The predicted molar refractivity (Wildman–Crippen MR) is 66.9 cm³/mol. The molecule has 0 saturated heterocycles. The van der Waals surface area contributed by atoms with Gasteiger partial charge in [-0.25, -0.2) is 9.97 Å². The van der Waals surface area contributed by atoms with Gasteiger partial charge in [0, 0.05) is 12.3 Å². The Morgan fingerprint density at radius 2 is 2.06 bits per heavy atom. The van der Waals surface area contributed by atoms with Crippen LogP contribution in [0.5, 0.6) is 0 Å².